The van der Waals surface area contributed by atoms with Crippen LogP contribution in [0.4, 0.5) is 13.2 Å². The van der Waals surface area contributed by atoms with Crippen molar-refractivity contribution in [3.8, 4) is 0 Å². The number of nitrogens with one attached hydrogen (secondary N) is 1. The number of imidazole rings is 1. The van der Waals surface area contributed by atoms with Crippen LogP contribution in [-0.2, 0) is 18.0 Å². The molecule has 2 aromatic heterocycles. The summed E-state index contributed by atoms with van der Waals surface area (Å²) in [5.74, 6) is -2.80. The van der Waals surface area contributed by atoms with E-state index in [0.29, 0.717) is 10.0 Å². The number of pyridine rings is 1. The van der Waals surface area contributed by atoms with Gasteiger partial charge in [-0.1, -0.05) is 28.1 Å². The van der Waals surface area contributed by atoms with E-state index in [-0.39, 0.29) is 16.6 Å². The van der Waals surface area contributed by atoms with Gasteiger partial charge in [-0.15, -0.1) is 0 Å². The number of nitrogens with two attached hydrogens (primary N) is 1. The van der Waals surface area contributed by atoms with Crippen LogP contribution < -0.4 is 11.1 Å². The molecule has 1 unspecified atom stereocenters. The number of amides is 2. The molecule has 7 nitrogen and oxygen atoms in total. The Bertz CT molecular complexity index is 1080. The average molecular weight is 456 g/mol. The lowest BCUT2D eigenvalue weighted by atomic mass is 10.1. The predicted octanol–water partition coefficient (Wildman–Crippen LogP) is 2.71. The van der Waals surface area contributed by atoms with Crippen LogP contribution in [-0.4, -0.2) is 26.3 Å². The molecule has 11 heteroatoms. The fraction of sp³-hybridized carbons (Fsp3) is 0.176. The number of nitrogens with zero attached hydrogens (tertiary/aromatic N) is 3. The van der Waals surface area contributed by atoms with E-state index in [1.165, 1.54) is 0 Å². The Morgan fingerprint density at radius 1 is 1.29 bits per heavy atom. The molecular weight excluding hydrogens is 443 g/mol. The van der Waals surface area contributed by atoms with Crippen molar-refractivity contribution < 1.29 is 22.8 Å². The smallest absolute Gasteiger partial charge is 0.368 e. The number of fused-ring (bicyclic) bond motifs is 1. The summed E-state index contributed by atoms with van der Waals surface area (Å²) < 4.78 is 40.8. The third-order valence-electron chi connectivity index (χ3n) is 4.02. The maximum atomic E-state index is 13.1. The maximum Gasteiger partial charge on any atom is 0.449 e. The number of aryl methyl sites for hydroxylation is 1. The van der Waals surface area contributed by atoms with Crippen molar-refractivity contribution in [1.29, 1.82) is 0 Å². The normalized spacial score (nSPS) is 12.8. The van der Waals surface area contributed by atoms with Gasteiger partial charge < -0.3 is 15.6 Å². The molecule has 0 aliphatic heterocycles. The topological polar surface area (TPSA) is 103 Å². The maximum absolute atomic E-state index is 13.1. The van der Waals surface area contributed by atoms with E-state index in [2.05, 4.69) is 31.2 Å². The fourth-order valence-electron chi connectivity index (χ4n) is 2.81. The second-order valence-electron chi connectivity index (χ2n) is 5.91. The number of aromatic nitrogens is 3. The monoisotopic (exact) mass is 455 g/mol. The molecule has 0 saturated heterocycles. The Labute approximate surface area is 164 Å². The molecule has 2 heterocycles. The summed E-state index contributed by atoms with van der Waals surface area (Å²) >= 11 is 3.26. The SMILES string of the molecule is Cn1c(C(F)(F)F)nc2cncc(C(=O)NC(C(N)=O)c3cccc(Br)c3)c21. The summed E-state index contributed by atoms with van der Waals surface area (Å²) in [5, 5.41) is 2.45. The lowest BCUT2D eigenvalue weighted by molar-refractivity contribution is -0.146. The molecule has 0 spiro atoms. The average Bonchev–Trinajstić information content (AvgIpc) is 2.96. The largest absolute Gasteiger partial charge is 0.449 e. The van der Waals surface area contributed by atoms with E-state index >= 15 is 0 Å². The van der Waals surface area contributed by atoms with Gasteiger partial charge >= 0.3 is 6.18 Å². The van der Waals surface area contributed by atoms with Crippen LogP contribution in [0.15, 0.2) is 41.1 Å². The summed E-state index contributed by atoms with van der Waals surface area (Å²) in [6, 6.07) is 5.38. The van der Waals surface area contributed by atoms with E-state index in [1.54, 1.807) is 24.3 Å². The van der Waals surface area contributed by atoms with Gasteiger partial charge in [-0.05, 0) is 17.7 Å². The molecule has 2 amide bonds. The van der Waals surface area contributed by atoms with E-state index in [9.17, 15) is 22.8 Å². The standard InChI is InChI=1S/C17H13BrF3N5O2/c1-26-13-10(6-23-7-11(13)24-16(26)17(19,20)21)15(28)25-12(14(22)27)8-3-2-4-9(18)5-8/h2-7,12H,1H3,(H2,22,27)(H,25,28). The molecule has 3 N–H and O–H groups in total. The molecule has 28 heavy (non-hydrogen) atoms. The van der Waals surface area contributed by atoms with Crippen LogP contribution in [0, 0.1) is 0 Å². The Kier molecular flexibility index (Phi) is 5.11. The third-order valence-corrected chi connectivity index (χ3v) is 4.51. The molecule has 3 rings (SSSR count). The first kappa shape index (κ1) is 19.8. The second kappa shape index (κ2) is 7.23. The number of benzene rings is 1. The number of hydrogen-bond acceptors (Lipinski definition) is 4. The zero-order valence-electron chi connectivity index (χ0n) is 14.3. The van der Waals surface area contributed by atoms with Crippen LogP contribution in [0.1, 0.15) is 27.8 Å². The van der Waals surface area contributed by atoms with Gasteiger partial charge in [0.15, 0.2) is 0 Å². The minimum Gasteiger partial charge on any atom is -0.368 e. The number of alkyl halides is 3. The van der Waals surface area contributed by atoms with Gasteiger partial charge in [0, 0.05) is 17.7 Å². The van der Waals surface area contributed by atoms with Crippen molar-refractivity contribution in [3.63, 3.8) is 0 Å². The Balaban J connectivity index is 2.03. The number of primary amides is 1. The molecule has 3 aromatic rings. The molecule has 0 saturated carbocycles. The Morgan fingerprint density at radius 3 is 2.61 bits per heavy atom. The van der Waals surface area contributed by atoms with Gasteiger partial charge in [-0.25, -0.2) is 4.98 Å². The van der Waals surface area contributed by atoms with Gasteiger partial charge in [-0.3, -0.25) is 14.6 Å². The van der Waals surface area contributed by atoms with E-state index < -0.39 is 29.9 Å². The zero-order valence-corrected chi connectivity index (χ0v) is 15.9. The fourth-order valence-corrected chi connectivity index (χ4v) is 3.22. The van der Waals surface area contributed by atoms with Gasteiger partial charge in [-0.2, -0.15) is 13.2 Å². The van der Waals surface area contributed by atoms with Gasteiger partial charge in [0.25, 0.3) is 5.91 Å². The van der Waals surface area contributed by atoms with Gasteiger partial charge in [0.05, 0.1) is 17.3 Å². The van der Waals surface area contributed by atoms with Crippen LogP contribution >= 0.6 is 15.9 Å². The number of halogens is 4. The summed E-state index contributed by atoms with van der Waals surface area (Å²) in [6.45, 7) is 0. The molecule has 1 aromatic carbocycles. The summed E-state index contributed by atoms with van der Waals surface area (Å²) in [6.07, 6.45) is -2.46. The number of carbonyl (C=O) groups excluding carboxylic acids is 2. The van der Waals surface area contributed by atoms with E-state index in [1.807, 2.05) is 0 Å². The summed E-state index contributed by atoms with van der Waals surface area (Å²) in [7, 11) is 1.15. The third kappa shape index (κ3) is 3.70. The zero-order chi connectivity index (χ0) is 20.6. The molecule has 0 bridgehead atoms. The van der Waals surface area contributed by atoms with Gasteiger partial charge in [0.2, 0.25) is 11.7 Å². The summed E-state index contributed by atoms with van der Waals surface area (Å²) in [4.78, 5) is 31.9. The van der Waals surface area contributed by atoms with Crippen molar-refractivity contribution in [2.75, 3.05) is 0 Å². The van der Waals surface area contributed by atoms with Gasteiger partial charge in [0.1, 0.15) is 11.6 Å². The van der Waals surface area contributed by atoms with E-state index in [4.69, 9.17) is 5.73 Å². The molecular formula is C17H13BrF3N5O2. The van der Waals surface area contributed by atoms with Crippen molar-refractivity contribution in [3.05, 3.63) is 58.1 Å². The number of hydrogen-bond donors (Lipinski definition) is 2. The summed E-state index contributed by atoms with van der Waals surface area (Å²) in [5.41, 5.74) is 5.49. The highest BCUT2D eigenvalue weighted by molar-refractivity contribution is 9.10. The number of carbonyl (C=O) groups is 2. The van der Waals surface area contributed by atoms with Crippen LogP contribution in [0.25, 0.3) is 11.0 Å². The minimum atomic E-state index is -4.70. The molecule has 146 valence electrons. The number of rotatable bonds is 4. The molecule has 0 aliphatic rings. The van der Waals surface area contributed by atoms with Crippen LogP contribution in [0.5, 0.6) is 0 Å². The Morgan fingerprint density at radius 2 is 2.00 bits per heavy atom. The molecule has 0 radical (unpaired) electrons. The first-order valence-corrected chi connectivity index (χ1v) is 8.62. The van der Waals surface area contributed by atoms with Crippen LogP contribution in [0.3, 0.4) is 0 Å². The Hall–Kier alpha value is -2.95. The van der Waals surface area contributed by atoms with Crippen LogP contribution in [0.2, 0.25) is 0 Å². The highest BCUT2D eigenvalue weighted by Crippen LogP contribution is 2.31. The lowest BCUT2D eigenvalue weighted by Gasteiger charge is -2.16. The van der Waals surface area contributed by atoms with Crippen molar-refractivity contribution in [2.45, 2.75) is 12.2 Å². The highest BCUT2D eigenvalue weighted by atomic mass is 79.9. The van der Waals surface area contributed by atoms with Crippen molar-refractivity contribution in [1.82, 2.24) is 19.9 Å². The highest BCUT2D eigenvalue weighted by Gasteiger charge is 2.37. The predicted molar refractivity (Wildman–Crippen MR) is 97.1 cm³/mol. The van der Waals surface area contributed by atoms with Crippen molar-refractivity contribution in [2.24, 2.45) is 12.8 Å². The quantitative estimate of drug-likeness (QED) is 0.630. The van der Waals surface area contributed by atoms with Crippen molar-refractivity contribution >= 4 is 38.8 Å². The first-order chi connectivity index (χ1) is 13.1. The van der Waals surface area contributed by atoms with E-state index in [0.717, 1.165) is 24.0 Å². The lowest BCUT2D eigenvalue weighted by Crippen LogP contribution is -2.37. The molecule has 1 atom stereocenters. The second-order valence-corrected chi connectivity index (χ2v) is 6.83. The molecule has 0 fully saturated rings. The minimum absolute atomic E-state index is 0.0581. The first-order valence-electron chi connectivity index (χ1n) is 7.83. The molecule has 0 aliphatic carbocycles.